The molecule has 0 radical (unpaired) electrons. The second-order valence-corrected chi connectivity index (χ2v) is 6.99. The quantitative estimate of drug-likeness (QED) is 0.691. The summed E-state index contributed by atoms with van der Waals surface area (Å²) >= 11 is 0. The van der Waals surface area contributed by atoms with E-state index in [0.717, 1.165) is 38.0 Å². The molecule has 1 aliphatic heterocycles. The number of nitrogens with zero attached hydrogens (tertiary/aromatic N) is 3. The average Bonchev–Trinajstić information content (AvgIpc) is 3.13. The van der Waals surface area contributed by atoms with E-state index >= 15 is 0 Å². The van der Waals surface area contributed by atoms with E-state index in [2.05, 4.69) is 46.3 Å². The molecule has 3 aromatic rings. The third kappa shape index (κ3) is 3.83. The molecule has 1 saturated heterocycles. The molecule has 4 nitrogen and oxygen atoms in total. The smallest absolute Gasteiger partial charge is 0.247 e. The van der Waals surface area contributed by atoms with Crippen molar-refractivity contribution in [2.24, 2.45) is 0 Å². The zero-order chi connectivity index (χ0) is 17.9. The largest absolute Gasteiger partial charge is 0.420 e. The minimum atomic E-state index is -0.269. The molecule has 2 aromatic carbocycles. The lowest BCUT2D eigenvalue weighted by atomic mass is 9.96. The highest BCUT2D eigenvalue weighted by Gasteiger charge is 2.25. The van der Waals surface area contributed by atoms with Crippen molar-refractivity contribution in [2.75, 3.05) is 13.1 Å². The second kappa shape index (κ2) is 7.38. The van der Waals surface area contributed by atoms with Gasteiger partial charge < -0.3 is 4.42 Å². The average molecular weight is 351 g/mol. The van der Waals surface area contributed by atoms with Crippen LogP contribution in [0.1, 0.15) is 35.8 Å². The van der Waals surface area contributed by atoms with Crippen molar-refractivity contribution in [3.05, 3.63) is 71.4 Å². The fourth-order valence-electron chi connectivity index (χ4n) is 3.52. The summed E-state index contributed by atoms with van der Waals surface area (Å²) in [6.07, 6.45) is 2.02. The van der Waals surface area contributed by atoms with Gasteiger partial charge in [0.25, 0.3) is 0 Å². The molecule has 1 fully saturated rings. The zero-order valence-electron chi connectivity index (χ0n) is 14.9. The highest BCUT2D eigenvalue weighted by Crippen LogP contribution is 2.30. The summed E-state index contributed by atoms with van der Waals surface area (Å²) in [5, 5.41) is 8.37. The molecule has 0 atom stereocenters. The Morgan fingerprint density at radius 1 is 1.08 bits per heavy atom. The van der Waals surface area contributed by atoms with Gasteiger partial charge in [-0.05, 0) is 62.7 Å². The molecule has 1 aliphatic rings. The zero-order valence-corrected chi connectivity index (χ0v) is 14.9. The molecule has 5 heteroatoms. The third-order valence-electron chi connectivity index (χ3n) is 4.96. The fraction of sp³-hybridized carbons (Fsp3) is 0.333. The molecule has 134 valence electrons. The number of hydrogen-bond acceptors (Lipinski definition) is 4. The number of piperidine rings is 1. The first-order valence-electron chi connectivity index (χ1n) is 9.04. The standard InChI is InChI=1S/C21H22FN3O/c1-15-3-2-4-16(13-15)14-25-11-9-18(10-12-25)21-24-23-20(26-21)17-5-7-19(22)8-6-17/h2-8,13,18H,9-12,14H2,1H3. The molecule has 2 heterocycles. The Balaban J connectivity index is 1.37. The van der Waals surface area contributed by atoms with Gasteiger partial charge in [-0.25, -0.2) is 4.39 Å². The fourth-order valence-corrected chi connectivity index (χ4v) is 3.52. The Hall–Kier alpha value is -2.53. The Morgan fingerprint density at radius 2 is 1.85 bits per heavy atom. The van der Waals surface area contributed by atoms with E-state index in [1.54, 1.807) is 12.1 Å². The van der Waals surface area contributed by atoms with Crippen LogP contribution in [0, 0.1) is 12.7 Å². The summed E-state index contributed by atoms with van der Waals surface area (Å²) in [6, 6.07) is 14.8. The maximum absolute atomic E-state index is 13.0. The second-order valence-electron chi connectivity index (χ2n) is 6.99. The number of aromatic nitrogens is 2. The Morgan fingerprint density at radius 3 is 2.58 bits per heavy atom. The Bertz CT molecular complexity index is 867. The van der Waals surface area contributed by atoms with E-state index in [-0.39, 0.29) is 5.82 Å². The molecule has 0 unspecified atom stereocenters. The number of aryl methyl sites for hydroxylation is 1. The van der Waals surface area contributed by atoms with Crippen LogP contribution in [0.25, 0.3) is 11.5 Å². The van der Waals surface area contributed by atoms with E-state index in [0.29, 0.717) is 17.7 Å². The first-order chi connectivity index (χ1) is 12.7. The van der Waals surface area contributed by atoms with Gasteiger partial charge >= 0.3 is 0 Å². The minimum Gasteiger partial charge on any atom is -0.420 e. The van der Waals surface area contributed by atoms with Gasteiger partial charge in [-0.1, -0.05) is 29.8 Å². The Kier molecular flexibility index (Phi) is 4.80. The number of hydrogen-bond donors (Lipinski definition) is 0. The molecule has 0 amide bonds. The summed E-state index contributed by atoms with van der Waals surface area (Å²) in [4.78, 5) is 2.47. The van der Waals surface area contributed by atoms with Crippen LogP contribution in [-0.2, 0) is 6.54 Å². The minimum absolute atomic E-state index is 0.269. The maximum Gasteiger partial charge on any atom is 0.247 e. The van der Waals surface area contributed by atoms with Gasteiger partial charge in [0.15, 0.2) is 0 Å². The van der Waals surface area contributed by atoms with Crippen LogP contribution in [0.4, 0.5) is 4.39 Å². The van der Waals surface area contributed by atoms with E-state index in [4.69, 9.17) is 4.42 Å². The number of halogens is 1. The summed E-state index contributed by atoms with van der Waals surface area (Å²) in [5.74, 6) is 1.18. The molecular formula is C21H22FN3O. The van der Waals surface area contributed by atoms with Crippen LogP contribution >= 0.6 is 0 Å². The molecule has 0 N–H and O–H groups in total. The van der Waals surface area contributed by atoms with E-state index < -0.39 is 0 Å². The maximum atomic E-state index is 13.0. The van der Waals surface area contributed by atoms with Crippen molar-refractivity contribution in [2.45, 2.75) is 32.2 Å². The van der Waals surface area contributed by atoms with Crippen molar-refractivity contribution in [1.29, 1.82) is 0 Å². The van der Waals surface area contributed by atoms with Crippen molar-refractivity contribution in [3.63, 3.8) is 0 Å². The first kappa shape index (κ1) is 16.9. The van der Waals surface area contributed by atoms with Crippen LogP contribution in [0.5, 0.6) is 0 Å². The number of benzene rings is 2. The first-order valence-corrected chi connectivity index (χ1v) is 9.04. The topological polar surface area (TPSA) is 42.2 Å². The highest BCUT2D eigenvalue weighted by molar-refractivity contribution is 5.52. The molecule has 0 saturated carbocycles. The predicted octanol–water partition coefficient (Wildman–Crippen LogP) is 4.56. The van der Waals surface area contributed by atoms with Gasteiger partial charge in [0.05, 0.1) is 0 Å². The van der Waals surface area contributed by atoms with Crippen LogP contribution < -0.4 is 0 Å². The lowest BCUT2D eigenvalue weighted by Crippen LogP contribution is -2.32. The highest BCUT2D eigenvalue weighted by atomic mass is 19.1. The van der Waals surface area contributed by atoms with Crippen molar-refractivity contribution in [1.82, 2.24) is 15.1 Å². The third-order valence-corrected chi connectivity index (χ3v) is 4.96. The summed E-state index contributed by atoms with van der Waals surface area (Å²) in [5.41, 5.74) is 3.42. The predicted molar refractivity (Wildman–Crippen MR) is 98.1 cm³/mol. The lowest BCUT2D eigenvalue weighted by molar-refractivity contribution is 0.193. The molecule has 0 spiro atoms. The summed E-state index contributed by atoms with van der Waals surface area (Å²) in [7, 11) is 0. The van der Waals surface area contributed by atoms with Crippen LogP contribution in [0.2, 0.25) is 0 Å². The lowest BCUT2D eigenvalue weighted by Gasteiger charge is -2.30. The van der Waals surface area contributed by atoms with Crippen LogP contribution in [0.3, 0.4) is 0 Å². The van der Waals surface area contributed by atoms with E-state index in [1.807, 2.05) is 0 Å². The van der Waals surface area contributed by atoms with Crippen molar-refractivity contribution >= 4 is 0 Å². The molecule has 0 bridgehead atoms. The van der Waals surface area contributed by atoms with Gasteiger partial charge in [-0.3, -0.25) is 4.90 Å². The monoisotopic (exact) mass is 351 g/mol. The SMILES string of the molecule is Cc1cccc(CN2CCC(c3nnc(-c4ccc(F)cc4)o3)CC2)c1. The summed E-state index contributed by atoms with van der Waals surface area (Å²) in [6.45, 7) is 5.16. The van der Waals surface area contributed by atoms with E-state index in [9.17, 15) is 4.39 Å². The van der Waals surface area contributed by atoms with E-state index in [1.165, 1.54) is 23.3 Å². The van der Waals surface area contributed by atoms with Gasteiger partial charge in [0.2, 0.25) is 11.8 Å². The van der Waals surface area contributed by atoms with Crippen molar-refractivity contribution in [3.8, 4) is 11.5 Å². The van der Waals surface area contributed by atoms with Gasteiger partial charge in [0, 0.05) is 18.0 Å². The normalized spacial score (nSPS) is 16.1. The summed E-state index contributed by atoms with van der Waals surface area (Å²) < 4.78 is 18.9. The van der Waals surface area contributed by atoms with Crippen molar-refractivity contribution < 1.29 is 8.81 Å². The Labute approximate surface area is 152 Å². The number of likely N-dealkylation sites (tertiary alicyclic amines) is 1. The van der Waals surface area contributed by atoms with Gasteiger partial charge in [0.1, 0.15) is 5.82 Å². The van der Waals surface area contributed by atoms with Gasteiger partial charge in [-0.2, -0.15) is 0 Å². The van der Waals surface area contributed by atoms with Crippen LogP contribution in [0.15, 0.2) is 52.9 Å². The van der Waals surface area contributed by atoms with Crippen LogP contribution in [-0.4, -0.2) is 28.2 Å². The number of rotatable bonds is 4. The molecular weight excluding hydrogens is 329 g/mol. The molecule has 4 rings (SSSR count). The molecule has 26 heavy (non-hydrogen) atoms. The molecule has 0 aliphatic carbocycles. The molecule has 1 aromatic heterocycles. The van der Waals surface area contributed by atoms with Gasteiger partial charge in [-0.15, -0.1) is 10.2 Å².